The van der Waals surface area contributed by atoms with Crippen LogP contribution >= 0.6 is 0 Å². The van der Waals surface area contributed by atoms with E-state index in [-0.39, 0.29) is 22.1 Å². The molecule has 0 aliphatic heterocycles. The molecule has 0 unspecified atom stereocenters. The smallest absolute Gasteiger partial charge is 0.251 e. The number of benzene rings is 2. The summed E-state index contributed by atoms with van der Waals surface area (Å²) in [5.41, 5.74) is 1.20. The molecule has 0 radical (unpaired) electrons. The van der Waals surface area contributed by atoms with Crippen molar-refractivity contribution in [2.75, 3.05) is 34.4 Å². The SMILES string of the molecule is CCCNS(=O)(=O)c1cc(C(=O)NCCc2ccc(OC)c(OC)c2)ccc1OC. The van der Waals surface area contributed by atoms with Crippen LogP contribution in [0, 0.1) is 0 Å². The fourth-order valence-corrected chi connectivity index (χ4v) is 4.13. The molecular formula is C21H28N2O6S. The highest BCUT2D eigenvalue weighted by atomic mass is 32.2. The number of ether oxygens (including phenoxy) is 3. The number of carbonyl (C=O) groups excluding carboxylic acids is 1. The maximum absolute atomic E-state index is 12.5. The van der Waals surface area contributed by atoms with E-state index >= 15 is 0 Å². The van der Waals surface area contributed by atoms with Crippen LogP contribution in [0.3, 0.4) is 0 Å². The van der Waals surface area contributed by atoms with E-state index in [2.05, 4.69) is 10.0 Å². The minimum atomic E-state index is -3.78. The van der Waals surface area contributed by atoms with Crippen molar-refractivity contribution in [2.24, 2.45) is 0 Å². The van der Waals surface area contributed by atoms with Gasteiger partial charge in [0.15, 0.2) is 11.5 Å². The third-order valence-electron chi connectivity index (χ3n) is 4.40. The Bertz CT molecular complexity index is 975. The lowest BCUT2D eigenvalue weighted by Crippen LogP contribution is -2.27. The lowest BCUT2D eigenvalue weighted by Gasteiger charge is -2.13. The average Bonchev–Trinajstić information content (AvgIpc) is 2.76. The van der Waals surface area contributed by atoms with Gasteiger partial charge in [0.1, 0.15) is 10.6 Å². The van der Waals surface area contributed by atoms with Crippen LogP contribution in [0.5, 0.6) is 17.2 Å². The van der Waals surface area contributed by atoms with Crippen molar-refractivity contribution in [2.45, 2.75) is 24.7 Å². The van der Waals surface area contributed by atoms with Crippen LogP contribution in [-0.2, 0) is 16.4 Å². The largest absolute Gasteiger partial charge is 0.495 e. The summed E-state index contributed by atoms with van der Waals surface area (Å²) in [5, 5.41) is 2.81. The average molecular weight is 437 g/mol. The van der Waals surface area contributed by atoms with Gasteiger partial charge in [-0.05, 0) is 48.7 Å². The Morgan fingerprint density at radius 3 is 2.20 bits per heavy atom. The zero-order valence-electron chi connectivity index (χ0n) is 17.7. The first-order chi connectivity index (χ1) is 14.4. The van der Waals surface area contributed by atoms with Crippen LogP contribution in [0.4, 0.5) is 0 Å². The Morgan fingerprint density at radius 2 is 1.57 bits per heavy atom. The summed E-state index contributed by atoms with van der Waals surface area (Å²) in [5.74, 6) is 1.06. The topological polar surface area (TPSA) is 103 Å². The molecule has 0 saturated carbocycles. The maximum atomic E-state index is 12.5. The summed E-state index contributed by atoms with van der Waals surface area (Å²) >= 11 is 0. The lowest BCUT2D eigenvalue weighted by atomic mass is 10.1. The molecule has 2 rings (SSSR count). The fraction of sp³-hybridized carbons (Fsp3) is 0.381. The van der Waals surface area contributed by atoms with Gasteiger partial charge in [0, 0.05) is 18.7 Å². The standard InChI is InChI=1S/C21H28N2O6S/c1-5-11-23-30(25,26)20-14-16(7-9-18(20)28-3)21(24)22-12-10-15-6-8-17(27-2)19(13-15)29-4/h6-9,13-14,23H,5,10-12H2,1-4H3,(H,22,24). The Morgan fingerprint density at radius 1 is 0.900 bits per heavy atom. The van der Waals surface area contributed by atoms with Gasteiger partial charge in [-0.2, -0.15) is 0 Å². The molecule has 0 aliphatic carbocycles. The van der Waals surface area contributed by atoms with Gasteiger partial charge in [0.25, 0.3) is 5.91 Å². The Labute approximate surface area is 177 Å². The van der Waals surface area contributed by atoms with Crippen LogP contribution in [0.15, 0.2) is 41.3 Å². The van der Waals surface area contributed by atoms with Gasteiger partial charge in [-0.25, -0.2) is 13.1 Å². The molecule has 9 heteroatoms. The van der Waals surface area contributed by atoms with Crippen LogP contribution in [0.1, 0.15) is 29.3 Å². The third-order valence-corrected chi connectivity index (χ3v) is 5.89. The predicted octanol–water partition coefficient (Wildman–Crippen LogP) is 2.37. The first-order valence-corrected chi connectivity index (χ1v) is 11.0. The minimum absolute atomic E-state index is 0.0639. The Kier molecular flexibility index (Phi) is 8.49. The molecule has 164 valence electrons. The minimum Gasteiger partial charge on any atom is -0.495 e. The second-order valence-electron chi connectivity index (χ2n) is 6.46. The van der Waals surface area contributed by atoms with E-state index in [1.807, 2.05) is 19.1 Å². The lowest BCUT2D eigenvalue weighted by molar-refractivity contribution is 0.0954. The molecule has 0 atom stereocenters. The molecule has 0 heterocycles. The first-order valence-electron chi connectivity index (χ1n) is 9.53. The molecule has 0 bridgehead atoms. The number of amides is 1. The van der Waals surface area contributed by atoms with E-state index in [1.165, 1.54) is 25.3 Å². The van der Waals surface area contributed by atoms with E-state index in [0.717, 1.165) is 5.56 Å². The van der Waals surface area contributed by atoms with E-state index in [4.69, 9.17) is 14.2 Å². The first kappa shape index (κ1) is 23.5. The van der Waals surface area contributed by atoms with Gasteiger partial charge in [-0.1, -0.05) is 13.0 Å². The van der Waals surface area contributed by atoms with Crippen molar-refractivity contribution < 1.29 is 27.4 Å². The molecule has 0 spiro atoms. The van der Waals surface area contributed by atoms with Crippen LogP contribution in [0.25, 0.3) is 0 Å². The van der Waals surface area contributed by atoms with Crippen molar-refractivity contribution in [1.82, 2.24) is 10.0 Å². The van der Waals surface area contributed by atoms with Crippen molar-refractivity contribution in [3.8, 4) is 17.2 Å². The fourth-order valence-electron chi connectivity index (χ4n) is 2.80. The zero-order chi connectivity index (χ0) is 22.1. The molecule has 2 aromatic carbocycles. The van der Waals surface area contributed by atoms with Crippen LogP contribution in [0.2, 0.25) is 0 Å². The maximum Gasteiger partial charge on any atom is 0.251 e. The monoisotopic (exact) mass is 436 g/mol. The quantitative estimate of drug-likeness (QED) is 0.561. The molecular weight excluding hydrogens is 408 g/mol. The summed E-state index contributed by atoms with van der Waals surface area (Å²) in [6, 6.07) is 9.88. The van der Waals surface area contributed by atoms with Gasteiger partial charge in [-0.15, -0.1) is 0 Å². The molecule has 2 N–H and O–H groups in total. The molecule has 30 heavy (non-hydrogen) atoms. The number of nitrogens with one attached hydrogen (secondary N) is 2. The van der Waals surface area contributed by atoms with Crippen molar-refractivity contribution in [1.29, 1.82) is 0 Å². The molecule has 8 nitrogen and oxygen atoms in total. The second kappa shape index (κ2) is 10.8. The van der Waals surface area contributed by atoms with Crippen molar-refractivity contribution in [3.63, 3.8) is 0 Å². The molecule has 0 fully saturated rings. The van der Waals surface area contributed by atoms with Crippen LogP contribution < -0.4 is 24.2 Å². The Balaban J connectivity index is 2.09. The molecule has 0 saturated heterocycles. The summed E-state index contributed by atoms with van der Waals surface area (Å²) in [6.45, 7) is 2.53. The number of methoxy groups -OCH3 is 3. The van der Waals surface area contributed by atoms with Crippen molar-refractivity contribution >= 4 is 15.9 Å². The van der Waals surface area contributed by atoms with E-state index in [1.54, 1.807) is 20.3 Å². The zero-order valence-corrected chi connectivity index (χ0v) is 18.5. The highest BCUT2D eigenvalue weighted by Gasteiger charge is 2.21. The highest BCUT2D eigenvalue weighted by Crippen LogP contribution is 2.28. The van der Waals surface area contributed by atoms with Gasteiger partial charge >= 0.3 is 0 Å². The Hall–Kier alpha value is -2.78. The van der Waals surface area contributed by atoms with Gasteiger partial charge in [0.05, 0.1) is 21.3 Å². The summed E-state index contributed by atoms with van der Waals surface area (Å²) in [6.07, 6.45) is 1.23. The molecule has 1 amide bonds. The van der Waals surface area contributed by atoms with E-state index in [0.29, 0.717) is 37.4 Å². The van der Waals surface area contributed by atoms with Gasteiger partial charge in [0.2, 0.25) is 10.0 Å². The molecule has 2 aromatic rings. The van der Waals surface area contributed by atoms with Gasteiger partial charge in [-0.3, -0.25) is 4.79 Å². The van der Waals surface area contributed by atoms with E-state index < -0.39 is 10.0 Å². The summed E-state index contributed by atoms with van der Waals surface area (Å²) in [7, 11) is 0.738. The highest BCUT2D eigenvalue weighted by molar-refractivity contribution is 7.89. The number of hydrogen-bond acceptors (Lipinski definition) is 6. The van der Waals surface area contributed by atoms with Crippen molar-refractivity contribution in [3.05, 3.63) is 47.5 Å². The number of rotatable bonds is 11. The van der Waals surface area contributed by atoms with Crippen LogP contribution in [-0.4, -0.2) is 48.7 Å². The molecule has 0 aromatic heterocycles. The predicted molar refractivity (Wildman–Crippen MR) is 114 cm³/mol. The van der Waals surface area contributed by atoms with Gasteiger partial charge < -0.3 is 19.5 Å². The summed E-state index contributed by atoms with van der Waals surface area (Å²) < 4.78 is 43.2. The van der Waals surface area contributed by atoms with E-state index in [9.17, 15) is 13.2 Å². The number of hydrogen-bond donors (Lipinski definition) is 2. The number of sulfonamides is 1. The number of carbonyl (C=O) groups is 1. The molecule has 0 aliphatic rings. The third kappa shape index (κ3) is 5.87. The second-order valence-corrected chi connectivity index (χ2v) is 8.19. The summed E-state index contributed by atoms with van der Waals surface area (Å²) in [4.78, 5) is 12.5. The normalized spacial score (nSPS) is 11.1.